The maximum Gasteiger partial charge on any atom is 0.328 e. The number of rotatable bonds is 5. The SMILES string of the molecule is Cc1c(Cl)c(COC(=O)[C@H](C)NC(=O)c2ccccc2)nc2ccccc12. The second kappa shape index (κ2) is 8.18. The molecule has 0 fully saturated rings. The number of halogens is 1. The number of nitrogens with one attached hydrogen (secondary N) is 1. The van der Waals surface area contributed by atoms with E-state index < -0.39 is 12.0 Å². The van der Waals surface area contributed by atoms with Gasteiger partial charge in [-0.05, 0) is 37.6 Å². The zero-order valence-corrected chi connectivity index (χ0v) is 15.8. The van der Waals surface area contributed by atoms with Crippen molar-refractivity contribution in [2.75, 3.05) is 0 Å². The normalized spacial score (nSPS) is 11.8. The number of para-hydroxylation sites is 1. The summed E-state index contributed by atoms with van der Waals surface area (Å²) in [5.41, 5.74) is 2.64. The lowest BCUT2D eigenvalue weighted by molar-refractivity contribution is -0.146. The molecule has 3 aromatic rings. The summed E-state index contributed by atoms with van der Waals surface area (Å²) in [7, 11) is 0. The van der Waals surface area contributed by atoms with Crippen LogP contribution in [0.4, 0.5) is 0 Å². The number of hydrogen-bond acceptors (Lipinski definition) is 4. The molecule has 0 saturated carbocycles. The van der Waals surface area contributed by atoms with Crippen molar-refractivity contribution in [1.29, 1.82) is 0 Å². The summed E-state index contributed by atoms with van der Waals surface area (Å²) < 4.78 is 5.31. The highest BCUT2D eigenvalue weighted by atomic mass is 35.5. The van der Waals surface area contributed by atoms with Crippen LogP contribution in [0.5, 0.6) is 0 Å². The molecule has 0 spiro atoms. The molecule has 0 aliphatic rings. The van der Waals surface area contributed by atoms with E-state index in [4.69, 9.17) is 16.3 Å². The molecule has 1 N–H and O–H groups in total. The number of carbonyl (C=O) groups excluding carboxylic acids is 2. The Bertz CT molecular complexity index is 989. The van der Waals surface area contributed by atoms with Crippen molar-refractivity contribution in [2.45, 2.75) is 26.5 Å². The lowest BCUT2D eigenvalue weighted by Gasteiger charge is -2.14. The summed E-state index contributed by atoms with van der Waals surface area (Å²) in [6.45, 7) is 3.42. The lowest BCUT2D eigenvalue weighted by atomic mass is 10.1. The van der Waals surface area contributed by atoms with Crippen molar-refractivity contribution in [3.05, 3.63) is 76.4 Å². The molecular formula is C21H19ClN2O3. The summed E-state index contributed by atoms with van der Waals surface area (Å²) in [6, 6.07) is 15.5. The van der Waals surface area contributed by atoms with Crippen molar-refractivity contribution < 1.29 is 14.3 Å². The average molecular weight is 383 g/mol. The van der Waals surface area contributed by atoms with E-state index in [0.29, 0.717) is 16.3 Å². The first-order chi connectivity index (χ1) is 13.0. The van der Waals surface area contributed by atoms with E-state index >= 15 is 0 Å². The van der Waals surface area contributed by atoms with E-state index in [1.807, 2.05) is 37.3 Å². The summed E-state index contributed by atoms with van der Waals surface area (Å²) >= 11 is 6.38. The van der Waals surface area contributed by atoms with Crippen LogP contribution in [0.1, 0.15) is 28.5 Å². The standard InChI is InChI=1S/C21H19ClN2O3/c1-13-16-10-6-7-11-17(16)24-18(19(13)22)12-27-21(26)14(2)23-20(25)15-8-4-3-5-9-15/h3-11,14H,12H2,1-2H3,(H,23,25)/t14-/m0/s1. The number of ether oxygens (including phenoxy) is 1. The monoisotopic (exact) mass is 382 g/mol. The molecule has 1 aromatic heterocycles. The number of pyridine rings is 1. The first-order valence-corrected chi connectivity index (χ1v) is 8.91. The van der Waals surface area contributed by atoms with Gasteiger partial charge in [0.2, 0.25) is 0 Å². The first kappa shape index (κ1) is 18.9. The van der Waals surface area contributed by atoms with Crippen molar-refractivity contribution in [3.63, 3.8) is 0 Å². The molecule has 0 saturated heterocycles. The zero-order valence-electron chi connectivity index (χ0n) is 15.0. The molecule has 2 aromatic carbocycles. The van der Waals surface area contributed by atoms with E-state index in [-0.39, 0.29) is 12.5 Å². The number of benzene rings is 2. The first-order valence-electron chi connectivity index (χ1n) is 8.53. The number of esters is 1. The molecular weight excluding hydrogens is 364 g/mol. The molecule has 1 atom stereocenters. The maximum atomic E-state index is 12.2. The highest BCUT2D eigenvalue weighted by molar-refractivity contribution is 6.32. The van der Waals surface area contributed by atoms with E-state index in [2.05, 4.69) is 10.3 Å². The molecule has 1 heterocycles. The van der Waals surface area contributed by atoms with Crippen molar-refractivity contribution in [2.24, 2.45) is 0 Å². The zero-order chi connectivity index (χ0) is 19.4. The fourth-order valence-electron chi connectivity index (χ4n) is 2.71. The number of fused-ring (bicyclic) bond motifs is 1. The van der Waals surface area contributed by atoms with Gasteiger partial charge in [-0.3, -0.25) is 4.79 Å². The van der Waals surface area contributed by atoms with Gasteiger partial charge in [-0.1, -0.05) is 48.0 Å². The van der Waals surface area contributed by atoms with Crippen LogP contribution in [0.25, 0.3) is 10.9 Å². The largest absolute Gasteiger partial charge is 0.458 e. The second-order valence-corrected chi connectivity index (χ2v) is 6.56. The Balaban J connectivity index is 1.66. The molecule has 0 unspecified atom stereocenters. The van der Waals surface area contributed by atoms with E-state index in [1.54, 1.807) is 31.2 Å². The van der Waals surface area contributed by atoms with Gasteiger partial charge in [-0.15, -0.1) is 0 Å². The van der Waals surface area contributed by atoms with Gasteiger partial charge in [0, 0.05) is 10.9 Å². The van der Waals surface area contributed by atoms with Gasteiger partial charge in [0.05, 0.1) is 16.2 Å². The molecule has 6 heteroatoms. The van der Waals surface area contributed by atoms with Crippen molar-refractivity contribution >= 4 is 34.4 Å². The summed E-state index contributed by atoms with van der Waals surface area (Å²) in [5.74, 6) is -0.888. The van der Waals surface area contributed by atoms with Gasteiger partial charge in [0.1, 0.15) is 12.6 Å². The molecule has 0 aliphatic heterocycles. The fourth-order valence-corrected chi connectivity index (χ4v) is 2.90. The minimum atomic E-state index is -0.793. The minimum absolute atomic E-state index is 0.0606. The van der Waals surface area contributed by atoms with Gasteiger partial charge in [0.15, 0.2) is 0 Å². The minimum Gasteiger partial charge on any atom is -0.458 e. The maximum absolute atomic E-state index is 12.2. The van der Waals surface area contributed by atoms with Gasteiger partial charge in [-0.2, -0.15) is 0 Å². The Hall–Kier alpha value is -2.92. The number of aryl methyl sites for hydroxylation is 1. The molecule has 138 valence electrons. The number of aromatic nitrogens is 1. The van der Waals surface area contributed by atoms with Crippen molar-refractivity contribution in [1.82, 2.24) is 10.3 Å². The van der Waals surface area contributed by atoms with Crippen LogP contribution >= 0.6 is 11.6 Å². The summed E-state index contributed by atoms with van der Waals surface area (Å²) in [5, 5.41) is 4.05. The molecule has 0 aliphatic carbocycles. The molecule has 1 amide bonds. The molecule has 3 rings (SSSR count). The Morgan fingerprint density at radius 2 is 1.78 bits per heavy atom. The van der Waals surface area contributed by atoms with Crippen LogP contribution in [-0.4, -0.2) is 22.9 Å². The van der Waals surface area contributed by atoms with E-state index in [9.17, 15) is 9.59 Å². The van der Waals surface area contributed by atoms with Crippen LogP contribution in [0.3, 0.4) is 0 Å². The van der Waals surface area contributed by atoms with Crippen molar-refractivity contribution in [3.8, 4) is 0 Å². The van der Waals surface area contributed by atoms with E-state index in [0.717, 1.165) is 16.5 Å². The summed E-state index contributed by atoms with van der Waals surface area (Å²) in [6.07, 6.45) is 0. The van der Waals surface area contributed by atoms with Crippen LogP contribution in [-0.2, 0) is 16.1 Å². The van der Waals surface area contributed by atoms with Crippen LogP contribution in [0.2, 0.25) is 5.02 Å². The average Bonchev–Trinajstić information content (AvgIpc) is 2.70. The molecule has 0 radical (unpaired) electrons. The highest BCUT2D eigenvalue weighted by Gasteiger charge is 2.19. The Morgan fingerprint density at radius 3 is 2.52 bits per heavy atom. The topological polar surface area (TPSA) is 68.3 Å². The number of nitrogens with zero attached hydrogens (tertiary/aromatic N) is 1. The van der Waals surface area contributed by atoms with Gasteiger partial charge < -0.3 is 10.1 Å². The highest BCUT2D eigenvalue weighted by Crippen LogP contribution is 2.27. The third-order valence-corrected chi connectivity index (χ3v) is 4.74. The smallest absolute Gasteiger partial charge is 0.328 e. The predicted octanol–water partition coefficient (Wildman–Crippen LogP) is 4.06. The van der Waals surface area contributed by atoms with Crippen LogP contribution in [0.15, 0.2) is 54.6 Å². The lowest BCUT2D eigenvalue weighted by Crippen LogP contribution is -2.39. The summed E-state index contributed by atoms with van der Waals surface area (Å²) in [4.78, 5) is 28.8. The third-order valence-electron chi connectivity index (χ3n) is 4.23. The van der Waals surface area contributed by atoms with Crippen LogP contribution < -0.4 is 5.32 Å². The Morgan fingerprint density at radius 1 is 1.11 bits per heavy atom. The second-order valence-electron chi connectivity index (χ2n) is 6.18. The number of hydrogen-bond donors (Lipinski definition) is 1. The predicted molar refractivity (Wildman–Crippen MR) is 105 cm³/mol. The van der Waals surface area contributed by atoms with Crippen LogP contribution in [0, 0.1) is 6.92 Å². The Labute approximate surface area is 162 Å². The molecule has 27 heavy (non-hydrogen) atoms. The number of carbonyl (C=O) groups is 2. The fraction of sp³-hybridized carbons (Fsp3) is 0.190. The number of amides is 1. The quantitative estimate of drug-likeness (QED) is 0.676. The van der Waals surface area contributed by atoms with Gasteiger partial charge in [-0.25, -0.2) is 9.78 Å². The Kier molecular flexibility index (Phi) is 5.72. The van der Waals surface area contributed by atoms with E-state index in [1.165, 1.54) is 0 Å². The third kappa shape index (κ3) is 4.26. The van der Waals surface area contributed by atoms with Gasteiger partial charge in [0.25, 0.3) is 5.91 Å². The molecule has 0 bridgehead atoms. The molecule has 5 nitrogen and oxygen atoms in total. The van der Waals surface area contributed by atoms with Gasteiger partial charge >= 0.3 is 5.97 Å².